The van der Waals surface area contributed by atoms with Gasteiger partial charge in [-0.25, -0.2) is 0 Å². The average molecular weight is 333 g/mol. The fourth-order valence-electron chi connectivity index (χ4n) is 1.27. The average Bonchev–Trinajstić information content (AvgIpc) is 2.37. The monoisotopic (exact) mass is 332 g/mol. The van der Waals surface area contributed by atoms with Gasteiger partial charge in [0.2, 0.25) is 5.91 Å². The second kappa shape index (κ2) is 8.39. The van der Waals surface area contributed by atoms with Gasteiger partial charge in [-0.05, 0) is 24.3 Å². The molecule has 1 aromatic carbocycles. The summed E-state index contributed by atoms with van der Waals surface area (Å²) in [5, 5.41) is 5.74. The second-order valence-corrected chi connectivity index (χ2v) is 6.45. The lowest BCUT2D eigenvalue weighted by atomic mass is 10.3. The molecule has 0 heterocycles. The fraction of sp³-hybridized carbons (Fsp3) is 0.417. The van der Waals surface area contributed by atoms with Gasteiger partial charge in [-0.15, -0.1) is 0 Å². The summed E-state index contributed by atoms with van der Waals surface area (Å²) < 4.78 is 12.1. The van der Waals surface area contributed by atoms with E-state index in [1.165, 1.54) is 0 Å². The lowest BCUT2D eigenvalue weighted by Crippen LogP contribution is -2.30. The van der Waals surface area contributed by atoms with Gasteiger partial charge in [-0.3, -0.25) is 9.00 Å². The number of nitrogens with one attached hydrogen (secondary N) is 2. The summed E-state index contributed by atoms with van der Waals surface area (Å²) in [5.41, 5.74) is 0.766. The molecule has 2 N–H and O–H groups in total. The molecule has 0 aliphatic heterocycles. The van der Waals surface area contributed by atoms with Crippen LogP contribution in [-0.2, 0) is 15.6 Å². The van der Waals surface area contributed by atoms with Gasteiger partial charge in [0, 0.05) is 39.0 Å². The Hall–Kier alpha value is -0.720. The van der Waals surface area contributed by atoms with Crippen LogP contribution in [0.3, 0.4) is 0 Å². The maximum absolute atomic E-state index is 11.6. The van der Waals surface area contributed by atoms with Crippen molar-refractivity contribution in [2.24, 2.45) is 0 Å². The maximum Gasteiger partial charge on any atom is 0.238 e. The Morgan fingerprint density at radius 3 is 2.61 bits per heavy atom. The van der Waals surface area contributed by atoms with Crippen molar-refractivity contribution >= 4 is 38.3 Å². The number of carbonyl (C=O) groups is 1. The van der Waals surface area contributed by atoms with E-state index in [-0.39, 0.29) is 12.5 Å². The largest absolute Gasteiger partial charge is 0.325 e. The highest BCUT2D eigenvalue weighted by molar-refractivity contribution is 9.10. The molecular weight excluding hydrogens is 316 g/mol. The van der Waals surface area contributed by atoms with Crippen molar-refractivity contribution in [2.75, 3.05) is 29.9 Å². The molecule has 0 radical (unpaired) electrons. The number of carbonyl (C=O) groups excluding carboxylic acids is 1. The maximum atomic E-state index is 11.6. The van der Waals surface area contributed by atoms with Crippen LogP contribution in [0, 0.1) is 0 Å². The van der Waals surface area contributed by atoms with Crippen molar-refractivity contribution < 1.29 is 9.00 Å². The van der Waals surface area contributed by atoms with Gasteiger partial charge in [-0.1, -0.05) is 22.9 Å². The molecule has 0 aliphatic rings. The summed E-state index contributed by atoms with van der Waals surface area (Å²) >= 11 is 3.33. The number of rotatable bonds is 7. The van der Waals surface area contributed by atoms with E-state index in [4.69, 9.17) is 0 Å². The van der Waals surface area contributed by atoms with Crippen molar-refractivity contribution in [3.63, 3.8) is 0 Å². The van der Waals surface area contributed by atoms with Gasteiger partial charge in [0.25, 0.3) is 0 Å². The highest BCUT2D eigenvalue weighted by Crippen LogP contribution is 2.13. The van der Waals surface area contributed by atoms with Gasteiger partial charge in [0.15, 0.2) is 0 Å². The topological polar surface area (TPSA) is 58.2 Å². The second-order valence-electron chi connectivity index (χ2n) is 3.66. The van der Waals surface area contributed by atoms with E-state index in [0.29, 0.717) is 18.1 Å². The first-order valence-corrected chi connectivity index (χ1v) is 8.01. The lowest BCUT2D eigenvalue weighted by molar-refractivity contribution is -0.115. The molecule has 1 amide bonds. The minimum absolute atomic E-state index is 0.0976. The minimum Gasteiger partial charge on any atom is -0.325 e. The van der Waals surface area contributed by atoms with Crippen LogP contribution < -0.4 is 10.6 Å². The van der Waals surface area contributed by atoms with E-state index in [1.807, 2.05) is 31.2 Å². The number of anilines is 1. The molecule has 0 fully saturated rings. The number of halogens is 1. The SMILES string of the molecule is CCS(=O)CCNCC(=O)Nc1ccc(Br)cc1. The van der Waals surface area contributed by atoms with Gasteiger partial charge in [-0.2, -0.15) is 0 Å². The van der Waals surface area contributed by atoms with E-state index >= 15 is 0 Å². The van der Waals surface area contributed by atoms with Gasteiger partial charge >= 0.3 is 0 Å². The Bertz CT molecular complexity index is 409. The lowest BCUT2D eigenvalue weighted by Gasteiger charge is -2.06. The third-order valence-corrected chi connectivity index (χ3v) is 4.07. The zero-order valence-electron chi connectivity index (χ0n) is 10.2. The Labute approximate surface area is 118 Å². The molecule has 1 unspecified atom stereocenters. The van der Waals surface area contributed by atoms with Crippen LogP contribution in [0.1, 0.15) is 6.92 Å². The van der Waals surface area contributed by atoms with E-state index in [0.717, 1.165) is 10.2 Å². The van der Waals surface area contributed by atoms with Crippen LogP contribution in [0.25, 0.3) is 0 Å². The normalized spacial score (nSPS) is 12.1. The fourth-order valence-corrected chi connectivity index (χ4v) is 2.20. The molecule has 0 aromatic heterocycles. The summed E-state index contributed by atoms with van der Waals surface area (Å²) in [4.78, 5) is 11.6. The molecule has 0 spiro atoms. The van der Waals surface area contributed by atoms with Gasteiger partial charge in [0.1, 0.15) is 0 Å². The quantitative estimate of drug-likeness (QED) is 0.748. The van der Waals surface area contributed by atoms with Crippen LogP contribution in [0.4, 0.5) is 5.69 Å². The predicted molar refractivity (Wildman–Crippen MR) is 79.2 cm³/mol. The summed E-state index contributed by atoms with van der Waals surface area (Å²) in [6.45, 7) is 2.71. The Balaban J connectivity index is 2.21. The molecule has 100 valence electrons. The van der Waals surface area contributed by atoms with Gasteiger partial charge < -0.3 is 10.6 Å². The summed E-state index contributed by atoms with van der Waals surface area (Å²) in [6, 6.07) is 7.39. The molecular formula is C12H17BrN2O2S. The van der Waals surface area contributed by atoms with Crippen LogP contribution >= 0.6 is 15.9 Å². The highest BCUT2D eigenvalue weighted by atomic mass is 79.9. The van der Waals surface area contributed by atoms with Crippen molar-refractivity contribution in [2.45, 2.75) is 6.92 Å². The van der Waals surface area contributed by atoms with E-state index < -0.39 is 10.8 Å². The molecule has 0 saturated heterocycles. The van der Waals surface area contributed by atoms with Crippen LogP contribution in [0.2, 0.25) is 0 Å². The van der Waals surface area contributed by atoms with Crippen molar-refractivity contribution in [1.29, 1.82) is 0 Å². The Morgan fingerprint density at radius 2 is 2.00 bits per heavy atom. The summed E-state index contributed by atoms with van der Waals surface area (Å²) in [5.74, 6) is 1.15. The van der Waals surface area contributed by atoms with Crippen LogP contribution in [0.5, 0.6) is 0 Å². The zero-order chi connectivity index (χ0) is 13.4. The van der Waals surface area contributed by atoms with Crippen molar-refractivity contribution in [1.82, 2.24) is 5.32 Å². The standard InChI is InChI=1S/C12H17BrN2O2S/c1-2-18(17)8-7-14-9-12(16)15-11-5-3-10(13)4-6-11/h3-6,14H,2,7-9H2,1H3,(H,15,16). The van der Waals surface area contributed by atoms with Crippen molar-refractivity contribution in [3.8, 4) is 0 Å². The van der Waals surface area contributed by atoms with E-state index in [2.05, 4.69) is 26.6 Å². The third kappa shape index (κ3) is 6.28. The summed E-state index contributed by atoms with van der Waals surface area (Å²) in [6.07, 6.45) is 0. The Morgan fingerprint density at radius 1 is 1.33 bits per heavy atom. The Kier molecular flexibility index (Phi) is 7.15. The van der Waals surface area contributed by atoms with Crippen LogP contribution in [0.15, 0.2) is 28.7 Å². The molecule has 0 aliphatic carbocycles. The van der Waals surface area contributed by atoms with E-state index in [1.54, 1.807) is 0 Å². The smallest absolute Gasteiger partial charge is 0.238 e. The first-order chi connectivity index (χ1) is 8.61. The molecule has 1 rings (SSSR count). The molecule has 1 atom stereocenters. The number of hydrogen-bond acceptors (Lipinski definition) is 3. The molecule has 6 heteroatoms. The number of amides is 1. The zero-order valence-corrected chi connectivity index (χ0v) is 12.6. The molecule has 18 heavy (non-hydrogen) atoms. The minimum atomic E-state index is -0.782. The number of hydrogen-bond donors (Lipinski definition) is 2. The molecule has 0 bridgehead atoms. The molecule has 0 saturated carbocycles. The molecule has 4 nitrogen and oxygen atoms in total. The highest BCUT2D eigenvalue weighted by Gasteiger charge is 2.02. The van der Waals surface area contributed by atoms with Gasteiger partial charge in [0.05, 0.1) is 6.54 Å². The first-order valence-electron chi connectivity index (χ1n) is 5.73. The van der Waals surface area contributed by atoms with Crippen LogP contribution in [-0.4, -0.2) is 34.7 Å². The van der Waals surface area contributed by atoms with E-state index in [9.17, 15) is 9.00 Å². The first kappa shape index (κ1) is 15.3. The van der Waals surface area contributed by atoms with Crippen molar-refractivity contribution in [3.05, 3.63) is 28.7 Å². The predicted octanol–water partition coefficient (Wildman–Crippen LogP) is 1.75. The molecule has 1 aromatic rings. The number of benzene rings is 1. The summed E-state index contributed by atoms with van der Waals surface area (Å²) in [7, 11) is -0.782. The third-order valence-electron chi connectivity index (χ3n) is 2.24.